The van der Waals surface area contributed by atoms with E-state index in [1.807, 2.05) is 0 Å². The van der Waals surface area contributed by atoms with Crippen LogP contribution in [0, 0.1) is 0 Å². The van der Waals surface area contributed by atoms with Crippen molar-refractivity contribution >= 4 is 22.6 Å². The predicted octanol–water partition coefficient (Wildman–Crippen LogP) is 2.52. The first-order valence-electron chi connectivity index (χ1n) is 4.16. The molecule has 0 aromatic rings. The summed E-state index contributed by atoms with van der Waals surface area (Å²) in [6, 6.07) is 0. The summed E-state index contributed by atoms with van der Waals surface area (Å²) in [6.07, 6.45) is 7.96. The second-order valence-corrected chi connectivity index (χ2v) is 4.92. The van der Waals surface area contributed by atoms with Gasteiger partial charge in [0.05, 0.1) is 12.2 Å². The molecular weight excluding hydrogens is 239 g/mol. The smallest absolute Gasteiger partial charge is 0.0696 e. The molecule has 1 nitrogen and oxygen atoms in total. The summed E-state index contributed by atoms with van der Waals surface area (Å²) >= 11 is 2.54. The number of alkyl halides is 1. The molecule has 2 rings (SSSR count). The molecule has 2 aliphatic heterocycles. The van der Waals surface area contributed by atoms with Crippen molar-refractivity contribution in [1.29, 1.82) is 0 Å². The highest BCUT2D eigenvalue weighted by atomic mass is 127. The lowest BCUT2D eigenvalue weighted by Gasteiger charge is -2.38. The second-order valence-electron chi connectivity index (χ2n) is 3.32. The minimum absolute atomic E-state index is 0.605. The number of ether oxygens (including phenoxy) is 1. The normalized spacial score (nSPS) is 47.1. The van der Waals surface area contributed by atoms with Crippen LogP contribution < -0.4 is 0 Å². The van der Waals surface area contributed by atoms with Crippen LogP contribution in [0.1, 0.15) is 32.1 Å². The summed E-state index contributed by atoms with van der Waals surface area (Å²) in [5.41, 5.74) is 0. The van der Waals surface area contributed by atoms with E-state index in [2.05, 4.69) is 22.6 Å². The van der Waals surface area contributed by atoms with Gasteiger partial charge in [-0.1, -0.05) is 22.6 Å². The van der Waals surface area contributed by atoms with Crippen LogP contribution in [0.15, 0.2) is 0 Å². The number of hydrogen-bond acceptors (Lipinski definition) is 1. The topological polar surface area (TPSA) is 9.23 Å². The quantitative estimate of drug-likeness (QED) is 0.475. The molecule has 0 amide bonds. The van der Waals surface area contributed by atoms with Gasteiger partial charge in [0.2, 0.25) is 0 Å². The molecule has 2 aliphatic rings. The van der Waals surface area contributed by atoms with Crippen LogP contribution in [0.2, 0.25) is 0 Å². The maximum atomic E-state index is 5.83. The molecule has 2 bridgehead atoms. The van der Waals surface area contributed by atoms with E-state index < -0.39 is 0 Å². The molecule has 0 aliphatic carbocycles. The van der Waals surface area contributed by atoms with Gasteiger partial charge in [0.15, 0.2) is 0 Å². The van der Waals surface area contributed by atoms with E-state index >= 15 is 0 Å². The molecule has 3 atom stereocenters. The molecule has 58 valence electrons. The van der Waals surface area contributed by atoms with Crippen molar-refractivity contribution in [3.63, 3.8) is 0 Å². The summed E-state index contributed by atoms with van der Waals surface area (Å²) in [5.74, 6) is 0. The van der Waals surface area contributed by atoms with E-state index in [0.717, 1.165) is 3.92 Å². The van der Waals surface area contributed by atoms with E-state index in [0.29, 0.717) is 12.2 Å². The fourth-order valence-electron chi connectivity index (χ4n) is 1.94. The monoisotopic (exact) mass is 252 g/mol. The van der Waals surface area contributed by atoms with E-state index in [1.54, 1.807) is 0 Å². The second kappa shape index (κ2) is 2.97. The Bertz CT molecular complexity index is 124. The highest BCUT2D eigenvalue weighted by Gasteiger charge is 2.32. The van der Waals surface area contributed by atoms with Crippen molar-refractivity contribution < 1.29 is 4.74 Å². The summed E-state index contributed by atoms with van der Waals surface area (Å²) in [5, 5.41) is 0. The molecule has 0 spiro atoms. The van der Waals surface area contributed by atoms with Gasteiger partial charge in [0, 0.05) is 3.92 Å². The van der Waals surface area contributed by atoms with Crippen LogP contribution in [0.3, 0.4) is 0 Å². The largest absolute Gasteiger partial charge is 0.374 e. The first kappa shape index (κ1) is 7.35. The Hall–Kier alpha value is 0.690. The van der Waals surface area contributed by atoms with Crippen molar-refractivity contribution in [1.82, 2.24) is 0 Å². The van der Waals surface area contributed by atoms with Gasteiger partial charge in [-0.2, -0.15) is 0 Å². The first-order chi connectivity index (χ1) is 4.86. The average Bonchev–Trinajstić information content (AvgIpc) is 1.99. The zero-order valence-electron chi connectivity index (χ0n) is 6.05. The SMILES string of the molecule is I[C@H]1CC[C@@H]2CCC[C@H]1O2. The van der Waals surface area contributed by atoms with Gasteiger partial charge in [0.25, 0.3) is 0 Å². The molecule has 0 aromatic heterocycles. The van der Waals surface area contributed by atoms with Gasteiger partial charge in [-0.05, 0) is 32.1 Å². The summed E-state index contributed by atoms with van der Waals surface area (Å²) in [4.78, 5) is 0. The van der Waals surface area contributed by atoms with E-state index in [9.17, 15) is 0 Å². The summed E-state index contributed by atoms with van der Waals surface area (Å²) < 4.78 is 6.63. The first-order valence-corrected chi connectivity index (χ1v) is 5.40. The highest BCUT2D eigenvalue weighted by Crippen LogP contribution is 2.34. The number of halogens is 1. The van der Waals surface area contributed by atoms with Gasteiger partial charge in [-0.25, -0.2) is 0 Å². The highest BCUT2D eigenvalue weighted by molar-refractivity contribution is 14.1. The molecule has 2 heteroatoms. The number of fused-ring (bicyclic) bond motifs is 2. The van der Waals surface area contributed by atoms with E-state index in [1.165, 1.54) is 32.1 Å². The Labute approximate surface area is 75.7 Å². The lowest BCUT2D eigenvalue weighted by molar-refractivity contribution is -0.0755. The average molecular weight is 252 g/mol. The minimum Gasteiger partial charge on any atom is -0.374 e. The molecule has 0 radical (unpaired) electrons. The molecule has 2 saturated heterocycles. The van der Waals surface area contributed by atoms with Crippen LogP contribution in [0.5, 0.6) is 0 Å². The molecule has 0 N–H and O–H groups in total. The zero-order chi connectivity index (χ0) is 6.97. The van der Waals surface area contributed by atoms with Gasteiger partial charge in [-0.15, -0.1) is 0 Å². The fraction of sp³-hybridized carbons (Fsp3) is 1.00. The van der Waals surface area contributed by atoms with Crippen LogP contribution in [0.4, 0.5) is 0 Å². The summed E-state index contributed by atoms with van der Waals surface area (Å²) in [7, 11) is 0. The molecule has 0 aromatic carbocycles. The van der Waals surface area contributed by atoms with Gasteiger partial charge in [-0.3, -0.25) is 0 Å². The lowest BCUT2D eigenvalue weighted by atomic mass is 9.92. The predicted molar refractivity (Wildman–Crippen MR) is 49.6 cm³/mol. The third-order valence-corrected chi connectivity index (χ3v) is 3.97. The van der Waals surface area contributed by atoms with Gasteiger partial charge >= 0.3 is 0 Å². The van der Waals surface area contributed by atoms with Crippen LogP contribution in [-0.4, -0.2) is 16.1 Å². The van der Waals surface area contributed by atoms with Crippen LogP contribution >= 0.6 is 22.6 Å². The third-order valence-electron chi connectivity index (χ3n) is 2.55. The third kappa shape index (κ3) is 1.33. The Morgan fingerprint density at radius 2 is 2.00 bits per heavy atom. The Kier molecular flexibility index (Phi) is 2.18. The molecule has 10 heavy (non-hydrogen) atoms. The number of rotatable bonds is 0. The molecular formula is C8H13IO. The maximum Gasteiger partial charge on any atom is 0.0696 e. The summed E-state index contributed by atoms with van der Waals surface area (Å²) in [6.45, 7) is 0. The van der Waals surface area contributed by atoms with E-state index in [-0.39, 0.29) is 0 Å². The Morgan fingerprint density at radius 1 is 1.10 bits per heavy atom. The van der Waals surface area contributed by atoms with Crippen molar-refractivity contribution in [3.05, 3.63) is 0 Å². The fourth-order valence-corrected chi connectivity index (χ4v) is 2.83. The molecule has 0 unspecified atom stereocenters. The van der Waals surface area contributed by atoms with Crippen LogP contribution in [0.25, 0.3) is 0 Å². The van der Waals surface area contributed by atoms with Gasteiger partial charge in [0.1, 0.15) is 0 Å². The van der Waals surface area contributed by atoms with Gasteiger partial charge < -0.3 is 4.74 Å². The van der Waals surface area contributed by atoms with Crippen LogP contribution in [-0.2, 0) is 4.74 Å². The standard InChI is InChI=1S/C8H13IO/c9-7-5-4-6-2-1-3-8(7)10-6/h6-8H,1-5H2/t6-,7-,8+/m0/s1. The van der Waals surface area contributed by atoms with Crippen molar-refractivity contribution in [3.8, 4) is 0 Å². The zero-order valence-corrected chi connectivity index (χ0v) is 8.21. The number of hydrogen-bond donors (Lipinski definition) is 0. The Morgan fingerprint density at radius 3 is 2.80 bits per heavy atom. The van der Waals surface area contributed by atoms with Crippen molar-refractivity contribution in [2.75, 3.05) is 0 Å². The minimum atomic E-state index is 0.605. The molecule has 2 heterocycles. The lowest BCUT2D eigenvalue weighted by Crippen LogP contribution is -2.38. The van der Waals surface area contributed by atoms with Crippen molar-refractivity contribution in [2.24, 2.45) is 0 Å². The maximum absolute atomic E-state index is 5.83. The van der Waals surface area contributed by atoms with E-state index in [4.69, 9.17) is 4.74 Å². The van der Waals surface area contributed by atoms with Crippen molar-refractivity contribution in [2.45, 2.75) is 48.2 Å². The Balaban J connectivity index is 2.00. The molecule has 0 saturated carbocycles. The molecule has 2 fully saturated rings.